The van der Waals surface area contributed by atoms with Gasteiger partial charge in [-0.2, -0.15) is 0 Å². The Bertz CT molecular complexity index is 908. The van der Waals surface area contributed by atoms with Gasteiger partial charge in [0, 0.05) is 31.5 Å². The Hall–Kier alpha value is -0.320. The third-order valence-electron chi connectivity index (χ3n) is 15.1. The molecule has 3 aliphatic rings. The van der Waals surface area contributed by atoms with E-state index in [9.17, 15) is 0 Å². The zero-order valence-electron chi connectivity index (χ0n) is 64.9. The summed E-state index contributed by atoms with van der Waals surface area (Å²) in [5.74, 6) is 2.97. The van der Waals surface area contributed by atoms with Crippen LogP contribution in [-0.4, -0.2) is 178 Å². The zero-order valence-corrected chi connectivity index (χ0v) is 64.9. The highest BCUT2D eigenvalue weighted by Gasteiger charge is 2.32. The van der Waals surface area contributed by atoms with Crippen LogP contribution in [-0.2, 0) is 0 Å². The maximum Gasteiger partial charge on any atom is 0.134 e. The number of quaternary nitrogens is 1. The van der Waals surface area contributed by atoms with Gasteiger partial charge in [-0.05, 0) is 137 Å². The van der Waals surface area contributed by atoms with Crippen LogP contribution in [0.3, 0.4) is 0 Å². The molecular formula is C74H177N8+. The number of hydrogen-bond donors (Lipinski definition) is 0. The predicted molar refractivity (Wildman–Crippen MR) is 390 cm³/mol. The van der Waals surface area contributed by atoms with Crippen molar-refractivity contribution in [2.75, 3.05) is 139 Å². The van der Waals surface area contributed by atoms with Crippen LogP contribution in [0.5, 0.6) is 0 Å². The molecule has 0 amide bonds. The summed E-state index contributed by atoms with van der Waals surface area (Å²) in [6, 6.07) is 0. The maximum absolute atomic E-state index is 2.66. The molecular weight excluding hydrogens is 1000 g/mol. The summed E-state index contributed by atoms with van der Waals surface area (Å²) in [5.41, 5.74) is 0. The normalized spacial score (nSPS) is 13.9. The summed E-state index contributed by atoms with van der Waals surface area (Å²) in [7, 11) is 7.04. The first-order valence-corrected chi connectivity index (χ1v) is 37.8. The molecule has 0 aromatic carbocycles. The average molecular weight is 1180 g/mol. The molecule has 0 aromatic heterocycles. The molecule has 0 saturated heterocycles. The molecule has 3 saturated carbocycles. The van der Waals surface area contributed by atoms with E-state index >= 15 is 0 Å². The zero-order chi connectivity index (χ0) is 65.9. The molecule has 82 heavy (non-hydrogen) atoms. The van der Waals surface area contributed by atoms with Crippen molar-refractivity contribution in [3.63, 3.8) is 0 Å². The summed E-state index contributed by atoms with van der Waals surface area (Å²) in [6.07, 6.45) is 30.1. The topological polar surface area (TPSA) is 22.7 Å². The van der Waals surface area contributed by atoms with E-state index in [1.54, 1.807) is 0 Å². The second-order valence-corrected chi connectivity index (χ2v) is 21.1. The van der Waals surface area contributed by atoms with Crippen molar-refractivity contribution in [1.82, 2.24) is 34.3 Å². The third-order valence-corrected chi connectivity index (χ3v) is 15.1. The molecule has 3 aliphatic carbocycles. The molecule has 3 fully saturated rings. The monoisotopic (exact) mass is 1180 g/mol. The SMILES string of the molecule is CC.CC.CC.CC.CC.CC.CC.CC.CC.CCCCN(C)CN(CC)CC.CCCCN(CCCC)CN(CC)CC.CCN(CC)CN(C)CC1CCCCC1.CCN(CC)C[N+](C)(CC1CCCCC1)CC1CCCCC1. The lowest BCUT2D eigenvalue weighted by molar-refractivity contribution is -0.925. The van der Waals surface area contributed by atoms with Crippen molar-refractivity contribution in [1.29, 1.82) is 0 Å². The summed E-state index contributed by atoms with van der Waals surface area (Å²) < 4.78 is 1.32. The van der Waals surface area contributed by atoms with E-state index in [4.69, 9.17) is 0 Å². The quantitative estimate of drug-likeness (QED) is 0.0503. The lowest BCUT2D eigenvalue weighted by Gasteiger charge is -2.43. The van der Waals surface area contributed by atoms with Gasteiger partial charge in [0.05, 0.1) is 40.1 Å². The third kappa shape index (κ3) is 72.2. The van der Waals surface area contributed by atoms with Gasteiger partial charge in [0.25, 0.3) is 0 Å². The highest BCUT2D eigenvalue weighted by Crippen LogP contribution is 2.31. The van der Waals surface area contributed by atoms with Crippen LogP contribution in [0.1, 0.15) is 336 Å². The molecule has 0 aromatic rings. The van der Waals surface area contributed by atoms with Gasteiger partial charge in [0.15, 0.2) is 0 Å². The van der Waals surface area contributed by atoms with E-state index in [1.807, 2.05) is 125 Å². The van der Waals surface area contributed by atoms with Gasteiger partial charge in [-0.15, -0.1) is 0 Å². The van der Waals surface area contributed by atoms with Crippen LogP contribution in [0.25, 0.3) is 0 Å². The van der Waals surface area contributed by atoms with Crippen LogP contribution in [0.2, 0.25) is 0 Å². The highest BCUT2D eigenvalue weighted by atomic mass is 15.4. The second kappa shape index (κ2) is 91.8. The second-order valence-electron chi connectivity index (χ2n) is 21.1. The van der Waals surface area contributed by atoms with E-state index in [0.29, 0.717) is 0 Å². The molecule has 0 aliphatic heterocycles. The first-order valence-electron chi connectivity index (χ1n) is 37.8. The molecule has 8 heteroatoms. The molecule has 0 radical (unpaired) electrons. The van der Waals surface area contributed by atoms with Gasteiger partial charge in [-0.25, -0.2) is 0 Å². The van der Waals surface area contributed by atoms with Gasteiger partial charge < -0.3 is 4.48 Å². The highest BCUT2D eigenvalue weighted by molar-refractivity contribution is 4.71. The van der Waals surface area contributed by atoms with Gasteiger partial charge in [0.1, 0.15) is 6.67 Å². The van der Waals surface area contributed by atoms with Crippen molar-refractivity contribution >= 4 is 0 Å². The minimum absolute atomic E-state index is 0.972. The van der Waals surface area contributed by atoms with Crippen molar-refractivity contribution < 1.29 is 4.48 Å². The smallest absolute Gasteiger partial charge is 0.134 e. The fraction of sp³-hybridized carbons (Fsp3) is 1.00. The number of rotatable bonds is 31. The van der Waals surface area contributed by atoms with Crippen LogP contribution < -0.4 is 0 Å². The fourth-order valence-corrected chi connectivity index (χ4v) is 10.7. The van der Waals surface area contributed by atoms with Crippen molar-refractivity contribution in [3.8, 4) is 0 Å². The van der Waals surface area contributed by atoms with Gasteiger partial charge >= 0.3 is 0 Å². The Morgan fingerprint density at radius 3 is 0.829 bits per heavy atom. The molecule has 0 atom stereocenters. The molecule has 3 rings (SSSR count). The Labute approximate surface area is 529 Å². The summed E-state index contributed by atoms with van der Waals surface area (Å²) in [5, 5.41) is 0. The lowest BCUT2D eigenvalue weighted by atomic mass is 9.86. The molecule has 0 N–H and O–H groups in total. The van der Waals surface area contributed by atoms with Crippen LogP contribution >= 0.6 is 0 Å². The lowest BCUT2D eigenvalue weighted by Crippen LogP contribution is -2.56. The Morgan fingerprint density at radius 2 is 0.549 bits per heavy atom. The molecule has 8 nitrogen and oxygen atoms in total. The minimum Gasteiger partial charge on any atom is -0.313 e. The Balaban J connectivity index is -0.0000000977. The first-order chi connectivity index (χ1) is 39.9. The average Bonchev–Trinajstić information content (AvgIpc) is 3.56. The van der Waals surface area contributed by atoms with E-state index < -0.39 is 0 Å². The van der Waals surface area contributed by atoms with E-state index in [-0.39, 0.29) is 0 Å². The van der Waals surface area contributed by atoms with Gasteiger partial charge in [-0.3, -0.25) is 34.3 Å². The van der Waals surface area contributed by atoms with E-state index in [1.165, 1.54) is 225 Å². The Kier molecular flexibility index (Phi) is 116. The molecule has 0 spiro atoms. The van der Waals surface area contributed by atoms with Gasteiger partial charge in [0.2, 0.25) is 0 Å². The number of hydrogen-bond acceptors (Lipinski definition) is 7. The van der Waals surface area contributed by atoms with Crippen LogP contribution in [0.4, 0.5) is 0 Å². The summed E-state index contributed by atoms with van der Waals surface area (Å²) in [6.45, 7) is 83.0. The number of nitrogens with zero attached hydrogens (tertiary/aromatic N) is 8. The molecule has 0 heterocycles. The summed E-state index contributed by atoms with van der Waals surface area (Å²) in [4.78, 5) is 17.6. The van der Waals surface area contributed by atoms with Crippen molar-refractivity contribution in [3.05, 3.63) is 0 Å². The first kappa shape index (κ1) is 103. The van der Waals surface area contributed by atoms with E-state index in [0.717, 1.165) is 50.8 Å². The van der Waals surface area contributed by atoms with Crippen LogP contribution in [0, 0.1) is 17.8 Å². The van der Waals surface area contributed by atoms with E-state index in [2.05, 4.69) is 132 Å². The minimum atomic E-state index is 0.972. The molecule has 0 unspecified atom stereocenters. The number of unbranched alkanes of at least 4 members (excludes halogenated alkanes) is 3. The Morgan fingerprint density at radius 1 is 0.293 bits per heavy atom. The largest absolute Gasteiger partial charge is 0.313 e. The maximum atomic E-state index is 2.66. The van der Waals surface area contributed by atoms with Gasteiger partial charge in [-0.1, -0.05) is 278 Å². The predicted octanol–water partition coefficient (Wildman–Crippen LogP) is 22.1. The molecule has 0 bridgehead atoms. The molecule has 512 valence electrons. The van der Waals surface area contributed by atoms with Crippen LogP contribution in [0.15, 0.2) is 0 Å². The fourth-order valence-electron chi connectivity index (χ4n) is 10.7. The standard InChI is InChI=1S/C20H41N2.C13H28N2.C13H30N2.C10H24N2.9C2H6/c1-4-21(5-2)18-22(3,16-19-12-8-6-9-13-19)17-20-14-10-7-11-15-20;1-4-15(5-2)12-14(3)11-13-9-7-6-8-10-13;1-5-9-11-15(12-10-6-2)13-14(7-3)8-4;1-5-8-9-11(4)10-12(6-2)7-3;9*1-2/h19-20H,4-18H2,1-3H3;13H,4-12H2,1-3H3;5-13H2,1-4H3;5-10H2,1-4H3;9*1-2H3/q+1;;;;;;;;;;;;. The van der Waals surface area contributed by atoms with Crippen molar-refractivity contribution in [2.24, 2.45) is 17.8 Å². The summed E-state index contributed by atoms with van der Waals surface area (Å²) >= 11 is 0. The van der Waals surface area contributed by atoms with Crippen molar-refractivity contribution in [2.45, 2.75) is 336 Å².